The highest BCUT2D eigenvalue weighted by Gasteiger charge is 2.27. The second kappa shape index (κ2) is 8.54. The van der Waals surface area contributed by atoms with Gasteiger partial charge in [0, 0.05) is 22.5 Å². The Kier molecular flexibility index (Phi) is 6.13. The number of aryl methyl sites for hydroxylation is 1. The van der Waals surface area contributed by atoms with Crippen LogP contribution < -0.4 is 10.6 Å². The molecule has 0 aliphatic heterocycles. The first kappa shape index (κ1) is 19.4. The summed E-state index contributed by atoms with van der Waals surface area (Å²) in [7, 11) is 0. The number of halogens is 1. The van der Waals surface area contributed by atoms with Crippen LogP contribution in [0.5, 0.6) is 0 Å². The number of hydrogen-bond acceptors (Lipinski definition) is 5. The van der Waals surface area contributed by atoms with Gasteiger partial charge in [0.15, 0.2) is 6.61 Å². The molecule has 1 aliphatic carbocycles. The van der Waals surface area contributed by atoms with Gasteiger partial charge in [-0.05, 0) is 49.4 Å². The molecule has 6 nitrogen and oxygen atoms in total. The summed E-state index contributed by atoms with van der Waals surface area (Å²) in [5.41, 5.74) is 1.83. The van der Waals surface area contributed by atoms with Crippen molar-refractivity contribution in [1.82, 2.24) is 0 Å². The van der Waals surface area contributed by atoms with Crippen LogP contribution >= 0.6 is 22.9 Å². The molecule has 2 aromatic rings. The third-order valence-electron chi connectivity index (χ3n) is 4.11. The Labute approximate surface area is 165 Å². The minimum absolute atomic E-state index is 0.249. The predicted octanol–water partition coefficient (Wildman–Crippen LogP) is 4.03. The van der Waals surface area contributed by atoms with E-state index in [1.54, 1.807) is 24.3 Å². The lowest BCUT2D eigenvalue weighted by molar-refractivity contribution is -0.119. The van der Waals surface area contributed by atoms with Crippen molar-refractivity contribution in [3.63, 3.8) is 0 Å². The average molecular weight is 407 g/mol. The van der Waals surface area contributed by atoms with Crippen LogP contribution in [0, 0.1) is 0 Å². The summed E-state index contributed by atoms with van der Waals surface area (Å²) in [5, 5.41) is 6.32. The molecule has 27 heavy (non-hydrogen) atoms. The first-order chi connectivity index (χ1) is 12.9. The Morgan fingerprint density at radius 3 is 2.70 bits per heavy atom. The Bertz CT molecular complexity index is 894. The molecule has 1 heterocycles. The average Bonchev–Trinajstić information content (AvgIpc) is 2.96. The molecule has 0 bridgehead atoms. The summed E-state index contributed by atoms with van der Waals surface area (Å²) in [4.78, 5) is 37.2. The van der Waals surface area contributed by atoms with Gasteiger partial charge in [-0.15, -0.1) is 11.3 Å². The second-order valence-electron chi connectivity index (χ2n) is 6.23. The zero-order valence-electron chi connectivity index (χ0n) is 14.8. The van der Waals surface area contributed by atoms with Crippen molar-refractivity contribution < 1.29 is 19.1 Å². The van der Waals surface area contributed by atoms with Gasteiger partial charge in [-0.25, -0.2) is 4.79 Å². The summed E-state index contributed by atoms with van der Waals surface area (Å²) >= 11 is 7.29. The lowest BCUT2D eigenvalue weighted by atomic mass is 9.95. The predicted molar refractivity (Wildman–Crippen MR) is 106 cm³/mol. The third-order valence-corrected chi connectivity index (χ3v) is 5.55. The minimum atomic E-state index is -0.598. The highest BCUT2D eigenvalue weighted by atomic mass is 35.5. The van der Waals surface area contributed by atoms with E-state index in [2.05, 4.69) is 10.6 Å². The summed E-state index contributed by atoms with van der Waals surface area (Å²) in [5.74, 6) is -1.31. The topological polar surface area (TPSA) is 84.5 Å². The monoisotopic (exact) mass is 406 g/mol. The largest absolute Gasteiger partial charge is 0.452 e. The quantitative estimate of drug-likeness (QED) is 0.734. The minimum Gasteiger partial charge on any atom is -0.452 e. The van der Waals surface area contributed by atoms with E-state index in [0.717, 1.165) is 36.1 Å². The van der Waals surface area contributed by atoms with Gasteiger partial charge in [0.2, 0.25) is 5.91 Å². The van der Waals surface area contributed by atoms with E-state index in [-0.39, 0.29) is 5.91 Å². The lowest BCUT2D eigenvalue weighted by Crippen LogP contribution is -2.22. The molecule has 2 N–H and O–H groups in total. The molecule has 8 heteroatoms. The van der Waals surface area contributed by atoms with Gasteiger partial charge in [-0.3, -0.25) is 9.59 Å². The van der Waals surface area contributed by atoms with Crippen LogP contribution in [0.4, 0.5) is 10.7 Å². The molecule has 0 atom stereocenters. The second-order valence-corrected chi connectivity index (χ2v) is 7.77. The Morgan fingerprint density at radius 2 is 1.96 bits per heavy atom. The van der Waals surface area contributed by atoms with Gasteiger partial charge in [-0.1, -0.05) is 17.7 Å². The molecule has 0 saturated heterocycles. The number of fused-ring (bicyclic) bond motifs is 1. The van der Waals surface area contributed by atoms with Gasteiger partial charge < -0.3 is 15.4 Å². The summed E-state index contributed by atoms with van der Waals surface area (Å²) in [6, 6.07) is 6.70. The normalized spacial score (nSPS) is 12.8. The SMILES string of the molecule is CC(=O)Nc1sc2c(c1C(=O)OCC(=O)Nc1cccc(Cl)c1)CCCC2. The molecule has 3 rings (SSSR count). The van der Waals surface area contributed by atoms with Crippen LogP contribution in [0.2, 0.25) is 5.02 Å². The molecule has 0 fully saturated rings. The number of amides is 2. The van der Waals surface area contributed by atoms with Crippen LogP contribution in [0.3, 0.4) is 0 Å². The number of rotatable bonds is 5. The van der Waals surface area contributed by atoms with Gasteiger partial charge in [0.1, 0.15) is 5.00 Å². The van der Waals surface area contributed by atoms with Gasteiger partial charge in [-0.2, -0.15) is 0 Å². The molecule has 0 saturated carbocycles. The van der Waals surface area contributed by atoms with Gasteiger partial charge >= 0.3 is 5.97 Å². The molecule has 1 aromatic heterocycles. The molecule has 1 aromatic carbocycles. The summed E-state index contributed by atoms with van der Waals surface area (Å²) in [6.45, 7) is 0.974. The van der Waals surface area contributed by atoms with Crippen LogP contribution in [0.15, 0.2) is 24.3 Å². The maximum absolute atomic E-state index is 12.6. The van der Waals surface area contributed by atoms with Crippen molar-refractivity contribution >= 4 is 51.4 Å². The van der Waals surface area contributed by atoms with Crippen LogP contribution in [0.25, 0.3) is 0 Å². The smallest absolute Gasteiger partial charge is 0.341 e. The van der Waals surface area contributed by atoms with Crippen molar-refractivity contribution in [3.05, 3.63) is 45.3 Å². The molecule has 142 valence electrons. The highest BCUT2D eigenvalue weighted by molar-refractivity contribution is 7.17. The Morgan fingerprint density at radius 1 is 1.19 bits per heavy atom. The van der Waals surface area contributed by atoms with Crippen molar-refractivity contribution in [3.8, 4) is 0 Å². The number of ether oxygens (including phenoxy) is 1. The fraction of sp³-hybridized carbons (Fsp3) is 0.316. The van der Waals surface area contributed by atoms with E-state index in [9.17, 15) is 14.4 Å². The van der Waals surface area contributed by atoms with Crippen molar-refractivity contribution in [1.29, 1.82) is 0 Å². The molecule has 0 radical (unpaired) electrons. The van der Waals surface area contributed by atoms with E-state index in [4.69, 9.17) is 16.3 Å². The molecule has 2 amide bonds. The van der Waals surface area contributed by atoms with Crippen molar-refractivity contribution in [2.24, 2.45) is 0 Å². The maximum atomic E-state index is 12.6. The van der Waals surface area contributed by atoms with Crippen molar-refractivity contribution in [2.45, 2.75) is 32.6 Å². The molecule has 0 unspecified atom stereocenters. The maximum Gasteiger partial charge on any atom is 0.341 e. The number of benzene rings is 1. The van der Waals surface area contributed by atoms with Crippen LogP contribution in [0.1, 0.15) is 40.6 Å². The summed E-state index contributed by atoms with van der Waals surface area (Å²) < 4.78 is 5.21. The standard InChI is InChI=1S/C19H19ClN2O4S/c1-11(23)21-18-17(14-7-2-3-8-15(14)27-18)19(25)26-10-16(24)22-13-6-4-5-12(20)9-13/h4-6,9H,2-3,7-8,10H2,1H3,(H,21,23)(H,22,24). The van der Waals surface area contributed by atoms with Crippen molar-refractivity contribution in [2.75, 3.05) is 17.2 Å². The number of carbonyl (C=O) groups is 3. The number of hydrogen-bond donors (Lipinski definition) is 2. The fourth-order valence-corrected chi connectivity index (χ4v) is 4.51. The van der Waals surface area contributed by atoms with Gasteiger partial charge in [0.05, 0.1) is 5.56 Å². The van der Waals surface area contributed by atoms with E-state index in [0.29, 0.717) is 21.3 Å². The number of esters is 1. The summed E-state index contributed by atoms with van der Waals surface area (Å²) in [6.07, 6.45) is 3.70. The Balaban J connectivity index is 1.69. The van der Waals surface area contributed by atoms with E-state index < -0.39 is 18.5 Å². The van der Waals surface area contributed by atoms with Crippen LogP contribution in [-0.2, 0) is 27.2 Å². The fourth-order valence-electron chi connectivity index (χ4n) is 3.00. The molecular formula is C19H19ClN2O4S. The first-order valence-electron chi connectivity index (χ1n) is 8.58. The zero-order valence-corrected chi connectivity index (χ0v) is 16.3. The molecule has 0 spiro atoms. The number of nitrogens with one attached hydrogen (secondary N) is 2. The first-order valence-corrected chi connectivity index (χ1v) is 9.78. The van der Waals surface area contributed by atoms with Gasteiger partial charge in [0.25, 0.3) is 5.91 Å². The highest BCUT2D eigenvalue weighted by Crippen LogP contribution is 2.38. The van der Waals surface area contributed by atoms with E-state index in [1.807, 2.05) is 0 Å². The lowest BCUT2D eigenvalue weighted by Gasteiger charge is -2.13. The van der Waals surface area contributed by atoms with E-state index in [1.165, 1.54) is 18.3 Å². The number of anilines is 2. The molecular weight excluding hydrogens is 388 g/mol. The third kappa shape index (κ3) is 4.87. The zero-order chi connectivity index (χ0) is 19.4. The number of carbonyl (C=O) groups excluding carboxylic acids is 3. The van der Waals surface area contributed by atoms with E-state index >= 15 is 0 Å². The Hall–Kier alpha value is -2.38. The molecule has 1 aliphatic rings. The number of thiophene rings is 1. The van der Waals surface area contributed by atoms with Crippen LogP contribution in [-0.4, -0.2) is 24.4 Å².